The van der Waals surface area contributed by atoms with Gasteiger partial charge in [0.2, 0.25) is 0 Å². The number of fused-ring (bicyclic) bond motifs is 2. The molecule has 2 heterocycles. The number of ether oxygens (including phenoxy) is 1. The maximum absolute atomic E-state index is 10.0. The minimum atomic E-state index is 0.143. The predicted octanol–water partition coefficient (Wildman–Crippen LogP) is 4.35. The standard InChI is InChI=1S/C22H16N4O2/c1-28-17-7-6-14-11-16(5-4-15(14)12-17)19-13-26(25-24-19)20-8-9-21(27)22-18(20)3-2-10-23-22/h2-13,27H,1H3. The van der Waals surface area contributed by atoms with Crippen LogP contribution in [-0.4, -0.2) is 32.2 Å². The minimum Gasteiger partial charge on any atom is -0.506 e. The van der Waals surface area contributed by atoms with Crippen LogP contribution in [0.3, 0.4) is 0 Å². The summed E-state index contributed by atoms with van der Waals surface area (Å²) in [6.07, 6.45) is 3.53. The molecule has 5 rings (SSSR count). The average Bonchev–Trinajstić information content (AvgIpc) is 3.23. The number of hydrogen-bond acceptors (Lipinski definition) is 5. The number of hydrogen-bond donors (Lipinski definition) is 1. The lowest BCUT2D eigenvalue weighted by molar-refractivity contribution is 0.415. The van der Waals surface area contributed by atoms with E-state index in [1.165, 1.54) is 0 Å². The van der Waals surface area contributed by atoms with Crippen LogP contribution in [0.25, 0.3) is 38.6 Å². The second-order valence-electron chi connectivity index (χ2n) is 6.48. The summed E-state index contributed by atoms with van der Waals surface area (Å²) in [4.78, 5) is 4.26. The lowest BCUT2D eigenvalue weighted by atomic mass is 10.1. The number of pyridine rings is 1. The summed E-state index contributed by atoms with van der Waals surface area (Å²) in [6, 6.07) is 19.3. The number of benzene rings is 3. The highest BCUT2D eigenvalue weighted by Crippen LogP contribution is 2.29. The molecule has 0 aliphatic heterocycles. The van der Waals surface area contributed by atoms with E-state index in [-0.39, 0.29) is 5.75 Å². The molecule has 0 aliphatic rings. The van der Waals surface area contributed by atoms with Crippen molar-refractivity contribution >= 4 is 21.7 Å². The molecule has 0 saturated carbocycles. The smallest absolute Gasteiger partial charge is 0.141 e. The number of phenols is 1. The molecule has 0 saturated heterocycles. The Kier molecular flexibility index (Phi) is 3.69. The molecule has 0 radical (unpaired) electrons. The molecule has 2 aromatic heterocycles. The zero-order valence-electron chi connectivity index (χ0n) is 15.1. The van der Waals surface area contributed by atoms with Gasteiger partial charge < -0.3 is 9.84 Å². The minimum absolute atomic E-state index is 0.143. The molecule has 1 N–H and O–H groups in total. The third-order valence-corrected chi connectivity index (χ3v) is 4.81. The fourth-order valence-electron chi connectivity index (χ4n) is 3.37. The van der Waals surface area contributed by atoms with Crippen LogP contribution in [0.4, 0.5) is 0 Å². The van der Waals surface area contributed by atoms with E-state index in [1.807, 2.05) is 54.7 Å². The van der Waals surface area contributed by atoms with Gasteiger partial charge in [-0.1, -0.05) is 23.4 Å². The molecule has 0 unspecified atom stereocenters. The zero-order valence-corrected chi connectivity index (χ0v) is 15.1. The Labute approximate surface area is 160 Å². The topological polar surface area (TPSA) is 73.1 Å². The summed E-state index contributed by atoms with van der Waals surface area (Å²) in [5.74, 6) is 0.976. The van der Waals surface area contributed by atoms with Crippen molar-refractivity contribution in [3.63, 3.8) is 0 Å². The Hall–Kier alpha value is -3.93. The van der Waals surface area contributed by atoms with E-state index in [2.05, 4.69) is 21.4 Å². The summed E-state index contributed by atoms with van der Waals surface area (Å²) < 4.78 is 6.99. The van der Waals surface area contributed by atoms with Crippen LogP contribution < -0.4 is 4.74 Å². The maximum atomic E-state index is 10.0. The monoisotopic (exact) mass is 368 g/mol. The van der Waals surface area contributed by atoms with E-state index < -0.39 is 0 Å². The van der Waals surface area contributed by atoms with Crippen LogP contribution in [0, 0.1) is 0 Å². The lowest BCUT2D eigenvalue weighted by Gasteiger charge is -2.06. The second-order valence-corrected chi connectivity index (χ2v) is 6.48. The van der Waals surface area contributed by atoms with Crippen LogP contribution in [0.15, 0.2) is 73.1 Å². The van der Waals surface area contributed by atoms with E-state index >= 15 is 0 Å². The van der Waals surface area contributed by atoms with Crippen molar-refractivity contribution in [2.75, 3.05) is 7.11 Å². The van der Waals surface area contributed by atoms with Crippen molar-refractivity contribution in [1.82, 2.24) is 20.0 Å². The van der Waals surface area contributed by atoms with Gasteiger partial charge >= 0.3 is 0 Å². The van der Waals surface area contributed by atoms with E-state index in [0.717, 1.165) is 38.9 Å². The van der Waals surface area contributed by atoms with Gasteiger partial charge in [-0.2, -0.15) is 0 Å². The van der Waals surface area contributed by atoms with Gasteiger partial charge in [0, 0.05) is 17.1 Å². The molecule has 0 aliphatic carbocycles. The molecule has 5 aromatic rings. The highest BCUT2D eigenvalue weighted by molar-refractivity contribution is 5.91. The predicted molar refractivity (Wildman–Crippen MR) is 108 cm³/mol. The lowest BCUT2D eigenvalue weighted by Crippen LogP contribution is -1.96. The number of aromatic hydroxyl groups is 1. The normalized spacial score (nSPS) is 11.2. The van der Waals surface area contributed by atoms with Crippen molar-refractivity contribution in [2.24, 2.45) is 0 Å². The molecule has 0 spiro atoms. The van der Waals surface area contributed by atoms with Gasteiger partial charge in [0.25, 0.3) is 0 Å². The van der Waals surface area contributed by atoms with Gasteiger partial charge in [0.05, 0.1) is 19.0 Å². The summed E-state index contributed by atoms with van der Waals surface area (Å²) in [5.41, 5.74) is 3.09. The largest absolute Gasteiger partial charge is 0.506 e. The summed E-state index contributed by atoms with van der Waals surface area (Å²) >= 11 is 0. The Bertz CT molecular complexity index is 1330. The molecule has 6 heteroatoms. The Balaban J connectivity index is 1.59. The van der Waals surface area contributed by atoms with Gasteiger partial charge in [-0.15, -0.1) is 5.10 Å². The molecule has 3 aromatic carbocycles. The van der Waals surface area contributed by atoms with Crippen molar-refractivity contribution < 1.29 is 9.84 Å². The fraction of sp³-hybridized carbons (Fsp3) is 0.0455. The Morgan fingerprint density at radius 2 is 1.82 bits per heavy atom. The number of aromatic nitrogens is 4. The quantitative estimate of drug-likeness (QED) is 0.512. The van der Waals surface area contributed by atoms with Crippen LogP contribution >= 0.6 is 0 Å². The van der Waals surface area contributed by atoms with Crippen LogP contribution in [0.1, 0.15) is 0 Å². The Morgan fingerprint density at radius 3 is 2.71 bits per heavy atom. The van der Waals surface area contributed by atoms with Crippen molar-refractivity contribution in [3.05, 3.63) is 73.1 Å². The SMILES string of the molecule is COc1ccc2cc(-c3cn(-c4ccc(O)c5ncccc45)nn3)ccc2c1. The number of phenolic OH excluding ortho intramolecular Hbond substituents is 1. The number of methoxy groups -OCH3 is 1. The van der Waals surface area contributed by atoms with E-state index in [4.69, 9.17) is 4.74 Å². The van der Waals surface area contributed by atoms with Crippen molar-refractivity contribution in [2.45, 2.75) is 0 Å². The van der Waals surface area contributed by atoms with E-state index in [9.17, 15) is 5.11 Å². The maximum Gasteiger partial charge on any atom is 0.141 e. The number of nitrogens with zero attached hydrogens (tertiary/aromatic N) is 4. The summed E-state index contributed by atoms with van der Waals surface area (Å²) in [5, 5.41) is 21.7. The molecule has 0 bridgehead atoms. The van der Waals surface area contributed by atoms with E-state index in [0.29, 0.717) is 5.52 Å². The first-order valence-electron chi connectivity index (χ1n) is 8.80. The van der Waals surface area contributed by atoms with Gasteiger partial charge in [0.15, 0.2) is 0 Å². The first-order valence-corrected chi connectivity index (χ1v) is 8.80. The summed E-state index contributed by atoms with van der Waals surface area (Å²) in [6.45, 7) is 0. The average molecular weight is 368 g/mol. The third-order valence-electron chi connectivity index (χ3n) is 4.81. The first kappa shape index (κ1) is 16.3. The molecular formula is C22H16N4O2. The van der Waals surface area contributed by atoms with Gasteiger partial charge in [-0.25, -0.2) is 4.68 Å². The Morgan fingerprint density at radius 1 is 0.964 bits per heavy atom. The first-order chi connectivity index (χ1) is 13.7. The van der Waals surface area contributed by atoms with Crippen molar-refractivity contribution in [3.8, 4) is 28.4 Å². The van der Waals surface area contributed by atoms with E-state index in [1.54, 1.807) is 24.1 Å². The van der Waals surface area contributed by atoms with Crippen molar-refractivity contribution in [1.29, 1.82) is 0 Å². The molecule has 0 atom stereocenters. The molecule has 0 amide bonds. The van der Waals surface area contributed by atoms with Crippen LogP contribution in [0.2, 0.25) is 0 Å². The van der Waals surface area contributed by atoms with Gasteiger partial charge in [-0.3, -0.25) is 4.98 Å². The highest BCUT2D eigenvalue weighted by Gasteiger charge is 2.11. The molecule has 136 valence electrons. The molecule has 28 heavy (non-hydrogen) atoms. The highest BCUT2D eigenvalue weighted by atomic mass is 16.5. The summed E-state index contributed by atoms with van der Waals surface area (Å²) in [7, 11) is 1.66. The van der Waals surface area contributed by atoms with Crippen LogP contribution in [0.5, 0.6) is 11.5 Å². The zero-order chi connectivity index (χ0) is 19.1. The second kappa shape index (κ2) is 6.35. The van der Waals surface area contributed by atoms with Gasteiger partial charge in [-0.05, 0) is 53.2 Å². The fourth-order valence-corrected chi connectivity index (χ4v) is 3.37. The molecular weight excluding hydrogens is 352 g/mol. The molecule has 6 nitrogen and oxygen atoms in total. The number of rotatable bonds is 3. The third kappa shape index (κ3) is 2.63. The van der Waals surface area contributed by atoms with Gasteiger partial charge in [0.1, 0.15) is 22.7 Å². The van der Waals surface area contributed by atoms with Crippen LogP contribution in [-0.2, 0) is 0 Å². The molecule has 0 fully saturated rings.